The van der Waals surface area contributed by atoms with Crippen LogP contribution in [0.25, 0.3) is 0 Å². The Morgan fingerprint density at radius 2 is 1.93 bits per heavy atom. The Balaban J connectivity index is 0.000000706. The van der Waals surface area contributed by atoms with Gasteiger partial charge < -0.3 is 15.1 Å². The van der Waals surface area contributed by atoms with E-state index in [2.05, 4.69) is 14.8 Å². The van der Waals surface area contributed by atoms with Gasteiger partial charge in [0.25, 0.3) is 6.47 Å². The fraction of sp³-hybridized carbons (Fsp3) is 0.684. The molecule has 4 rings (SSSR count). The summed E-state index contributed by atoms with van der Waals surface area (Å²) >= 11 is 0. The molecule has 1 aromatic rings. The number of pyridine rings is 1. The van der Waals surface area contributed by atoms with Crippen molar-refractivity contribution in [1.29, 1.82) is 0 Å². The van der Waals surface area contributed by atoms with Gasteiger partial charge in [0.2, 0.25) is 0 Å². The van der Waals surface area contributed by atoms with Crippen LogP contribution >= 0.6 is 0 Å². The number of carboxylic acid groups (broad SMARTS) is 1. The normalized spacial score (nSPS) is 30.1. The molecule has 3 saturated heterocycles. The van der Waals surface area contributed by atoms with E-state index >= 15 is 0 Å². The van der Waals surface area contributed by atoms with Crippen molar-refractivity contribution < 1.29 is 28.2 Å². The largest absolute Gasteiger partial charge is 0.483 e. The Morgan fingerprint density at radius 3 is 2.54 bits per heavy atom. The van der Waals surface area contributed by atoms with E-state index in [0.717, 1.165) is 44.7 Å². The van der Waals surface area contributed by atoms with Crippen LogP contribution in [-0.2, 0) is 11.0 Å². The zero-order valence-electron chi connectivity index (χ0n) is 15.6. The van der Waals surface area contributed by atoms with Crippen molar-refractivity contribution >= 4 is 12.3 Å². The third-order valence-corrected chi connectivity index (χ3v) is 6.21. The van der Waals surface area contributed by atoms with Crippen molar-refractivity contribution in [2.24, 2.45) is 11.8 Å². The lowest BCUT2D eigenvalue weighted by atomic mass is 9.72. The smallest absolute Gasteiger partial charge is 0.417 e. The van der Waals surface area contributed by atoms with Crippen LogP contribution in [0.15, 0.2) is 18.3 Å². The van der Waals surface area contributed by atoms with E-state index in [1.54, 1.807) is 0 Å². The molecule has 0 radical (unpaired) electrons. The van der Waals surface area contributed by atoms with Crippen LogP contribution in [0.1, 0.15) is 31.2 Å². The van der Waals surface area contributed by atoms with E-state index in [0.29, 0.717) is 23.7 Å². The van der Waals surface area contributed by atoms with Crippen molar-refractivity contribution in [1.82, 2.24) is 9.88 Å². The van der Waals surface area contributed by atoms with Gasteiger partial charge in [-0.2, -0.15) is 13.2 Å². The fourth-order valence-corrected chi connectivity index (χ4v) is 5.09. The van der Waals surface area contributed by atoms with Gasteiger partial charge in [-0.1, -0.05) is 6.42 Å². The molecule has 0 aliphatic carbocycles. The molecule has 4 atom stereocenters. The summed E-state index contributed by atoms with van der Waals surface area (Å²) in [5.74, 6) is 1.47. The van der Waals surface area contributed by atoms with E-state index in [1.165, 1.54) is 18.9 Å². The highest BCUT2D eigenvalue weighted by Gasteiger charge is 2.47. The standard InChI is InChI=1S/C18H24F3N3O.CH2O2/c19-18(20,21)14-4-5-17(22-8-14)23-9-12-7-13(10-23)16(11-25)24-6-2-1-3-15(12)24;2-1-3/h4-5,8,12-13,15-16,25H,1-3,6-7,9-11H2;1H,(H,2,3)/t12-,13+,15+,16+;/m1./s1. The first kappa shape index (κ1) is 20.9. The highest BCUT2D eigenvalue weighted by molar-refractivity contribution is 5.41. The average molecular weight is 401 g/mol. The maximum atomic E-state index is 12.7. The van der Waals surface area contributed by atoms with E-state index in [4.69, 9.17) is 9.90 Å². The summed E-state index contributed by atoms with van der Waals surface area (Å²) in [5, 5.41) is 16.8. The van der Waals surface area contributed by atoms with Crippen LogP contribution in [-0.4, -0.2) is 64.9 Å². The van der Waals surface area contributed by atoms with Crippen molar-refractivity contribution in [3.8, 4) is 0 Å². The predicted molar refractivity (Wildman–Crippen MR) is 97.0 cm³/mol. The molecule has 0 unspecified atom stereocenters. The maximum Gasteiger partial charge on any atom is 0.417 e. The zero-order valence-corrected chi connectivity index (χ0v) is 15.6. The molecule has 1 aromatic heterocycles. The summed E-state index contributed by atoms with van der Waals surface area (Å²) in [5.41, 5.74) is -0.708. The summed E-state index contributed by atoms with van der Waals surface area (Å²) < 4.78 is 38.2. The molecule has 3 aliphatic rings. The predicted octanol–water partition coefficient (Wildman–Crippen LogP) is 2.47. The van der Waals surface area contributed by atoms with Gasteiger partial charge in [-0.25, -0.2) is 4.98 Å². The molecular weight excluding hydrogens is 375 g/mol. The van der Waals surface area contributed by atoms with Crippen molar-refractivity contribution in [2.45, 2.75) is 43.9 Å². The number of hydrogen-bond acceptors (Lipinski definition) is 5. The Labute approximate surface area is 162 Å². The molecule has 0 saturated carbocycles. The van der Waals surface area contributed by atoms with Crippen LogP contribution in [0, 0.1) is 11.8 Å². The molecule has 3 aliphatic heterocycles. The van der Waals surface area contributed by atoms with Crippen molar-refractivity contribution in [2.75, 3.05) is 31.1 Å². The third kappa shape index (κ3) is 4.25. The monoisotopic (exact) mass is 401 g/mol. The molecule has 3 fully saturated rings. The molecule has 9 heteroatoms. The lowest BCUT2D eigenvalue weighted by Crippen LogP contribution is -2.64. The number of aromatic nitrogens is 1. The van der Waals surface area contributed by atoms with E-state index in [-0.39, 0.29) is 19.1 Å². The number of alkyl halides is 3. The molecule has 28 heavy (non-hydrogen) atoms. The number of fused-ring (bicyclic) bond motifs is 4. The summed E-state index contributed by atoms with van der Waals surface area (Å²) in [6.07, 6.45) is 1.24. The molecule has 0 aromatic carbocycles. The van der Waals surface area contributed by atoms with Gasteiger partial charge >= 0.3 is 6.18 Å². The lowest BCUT2D eigenvalue weighted by molar-refractivity contribution is -0.137. The molecular formula is C19H26F3N3O3. The summed E-state index contributed by atoms with van der Waals surface area (Å²) in [6, 6.07) is 3.25. The van der Waals surface area contributed by atoms with Gasteiger partial charge in [0.15, 0.2) is 0 Å². The number of aliphatic hydroxyl groups excluding tert-OH is 1. The topological polar surface area (TPSA) is 76.9 Å². The summed E-state index contributed by atoms with van der Waals surface area (Å²) in [6.45, 7) is 2.56. The Hall–Kier alpha value is -1.87. The summed E-state index contributed by atoms with van der Waals surface area (Å²) in [7, 11) is 0. The van der Waals surface area contributed by atoms with Crippen LogP contribution in [0.2, 0.25) is 0 Å². The first-order chi connectivity index (χ1) is 13.4. The number of piperidine rings is 3. The number of nitrogens with zero attached hydrogens (tertiary/aromatic N) is 3. The van der Waals surface area contributed by atoms with Gasteiger partial charge in [0.05, 0.1) is 12.2 Å². The Bertz CT molecular complexity index is 642. The van der Waals surface area contributed by atoms with Crippen LogP contribution in [0.3, 0.4) is 0 Å². The number of anilines is 1. The number of hydrogen-bond donors (Lipinski definition) is 2. The number of halogens is 3. The third-order valence-electron chi connectivity index (χ3n) is 6.21. The summed E-state index contributed by atoms with van der Waals surface area (Å²) in [4.78, 5) is 17.1. The molecule has 0 spiro atoms. The second kappa shape index (κ2) is 8.65. The number of rotatable bonds is 2. The highest BCUT2D eigenvalue weighted by atomic mass is 19.4. The SMILES string of the molecule is O=CO.OC[C@H]1[C@H]2C[C@H](CN(c3ccc(C(F)(F)F)cn3)C2)[C@@H]2CCCCN12. The van der Waals surface area contributed by atoms with Gasteiger partial charge in [0, 0.05) is 31.4 Å². The Morgan fingerprint density at radius 1 is 1.21 bits per heavy atom. The van der Waals surface area contributed by atoms with E-state index in [1.807, 2.05) is 0 Å². The van der Waals surface area contributed by atoms with Crippen LogP contribution < -0.4 is 4.90 Å². The molecule has 2 N–H and O–H groups in total. The second-order valence-corrected chi connectivity index (χ2v) is 7.72. The maximum absolute atomic E-state index is 12.7. The molecule has 2 bridgehead atoms. The zero-order chi connectivity index (χ0) is 20.3. The Kier molecular flexibility index (Phi) is 6.44. The van der Waals surface area contributed by atoms with E-state index in [9.17, 15) is 18.3 Å². The minimum Gasteiger partial charge on any atom is -0.483 e. The molecule has 6 nitrogen and oxygen atoms in total. The molecule has 4 heterocycles. The van der Waals surface area contributed by atoms with Gasteiger partial charge in [0.1, 0.15) is 5.82 Å². The lowest BCUT2D eigenvalue weighted by Gasteiger charge is -2.56. The second-order valence-electron chi connectivity index (χ2n) is 7.72. The van der Waals surface area contributed by atoms with Crippen molar-refractivity contribution in [3.05, 3.63) is 23.9 Å². The van der Waals surface area contributed by atoms with Gasteiger partial charge in [-0.05, 0) is 49.8 Å². The first-order valence-corrected chi connectivity index (χ1v) is 9.61. The highest BCUT2D eigenvalue weighted by Crippen LogP contribution is 2.42. The quantitative estimate of drug-likeness (QED) is 0.742. The van der Waals surface area contributed by atoms with Gasteiger partial charge in [-0.15, -0.1) is 0 Å². The van der Waals surface area contributed by atoms with Crippen LogP contribution in [0.5, 0.6) is 0 Å². The molecule has 0 amide bonds. The molecule has 156 valence electrons. The number of aliphatic hydroxyl groups is 1. The fourth-order valence-electron chi connectivity index (χ4n) is 5.09. The van der Waals surface area contributed by atoms with E-state index < -0.39 is 11.7 Å². The minimum absolute atomic E-state index is 0.155. The minimum atomic E-state index is -4.35. The van der Waals surface area contributed by atoms with Gasteiger partial charge in [-0.3, -0.25) is 9.69 Å². The first-order valence-electron chi connectivity index (χ1n) is 9.61. The number of carbonyl (C=O) groups is 1. The van der Waals surface area contributed by atoms with Crippen molar-refractivity contribution in [3.63, 3.8) is 0 Å². The van der Waals surface area contributed by atoms with Crippen LogP contribution in [0.4, 0.5) is 19.0 Å². The average Bonchev–Trinajstić information content (AvgIpc) is 2.68.